The van der Waals surface area contributed by atoms with Crippen LogP contribution in [-0.4, -0.2) is 30.6 Å². The fraction of sp³-hybridized carbons (Fsp3) is 0.333. The molecule has 20 heavy (non-hydrogen) atoms. The van der Waals surface area contributed by atoms with Gasteiger partial charge in [-0.05, 0) is 44.4 Å². The van der Waals surface area contributed by atoms with Gasteiger partial charge >= 0.3 is 0 Å². The lowest BCUT2D eigenvalue weighted by molar-refractivity contribution is 0.250. The highest BCUT2D eigenvalue weighted by atomic mass is 35.5. The molecule has 0 aliphatic carbocycles. The number of benzene rings is 1. The predicted molar refractivity (Wildman–Crippen MR) is 80.0 cm³/mol. The van der Waals surface area contributed by atoms with Crippen molar-refractivity contribution in [2.75, 3.05) is 20.6 Å². The van der Waals surface area contributed by atoms with Gasteiger partial charge < -0.3 is 14.8 Å². The van der Waals surface area contributed by atoms with Crippen molar-refractivity contribution >= 4 is 11.6 Å². The molecular weight excluding hydrogens is 276 g/mol. The number of aromatic hydroxyl groups is 1. The third-order valence-electron chi connectivity index (χ3n) is 3.19. The number of nitrogens with zero attached hydrogens (tertiary/aromatic N) is 1. The molecule has 2 rings (SSSR count). The van der Waals surface area contributed by atoms with Crippen molar-refractivity contribution < 1.29 is 9.52 Å². The van der Waals surface area contributed by atoms with E-state index >= 15 is 0 Å². The Morgan fingerprint density at radius 1 is 1.35 bits per heavy atom. The molecule has 0 fully saturated rings. The molecule has 5 heteroatoms. The molecule has 0 aliphatic rings. The number of phenols is 1. The van der Waals surface area contributed by atoms with Crippen LogP contribution in [0.2, 0.25) is 5.02 Å². The van der Waals surface area contributed by atoms with Gasteiger partial charge in [0.15, 0.2) is 0 Å². The Hall–Kier alpha value is -1.49. The Labute approximate surface area is 124 Å². The van der Waals surface area contributed by atoms with Crippen LogP contribution in [0.4, 0.5) is 0 Å². The lowest BCUT2D eigenvalue weighted by atomic mass is 10.1. The molecule has 1 heterocycles. The SMILES string of the molecule is CN(C)C(CNCc1cc(Cl)ccc1O)c1ccco1. The second-order valence-electron chi connectivity index (χ2n) is 4.90. The summed E-state index contributed by atoms with van der Waals surface area (Å²) in [6, 6.07) is 9.03. The van der Waals surface area contributed by atoms with E-state index in [0.29, 0.717) is 18.1 Å². The van der Waals surface area contributed by atoms with Crippen LogP contribution < -0.4 is 5.32 Å². The minimum Gasteiger partial charge on any atom is -0.508 e. The van der Waals surface area contributed by atoms with Crippen molar-refractivity contribution in [3.8, 4) is 5.75 Å². The highest BCUT2D eigenvalue weighted by Gasteiger charge is 2.16. The summed E-state index contributed by atoms with van der Waals surface area (Å²) in [4.78, 5) is 2.09. The highest BCUT2D eigenvalue weighted by Crippen LogP contribution is 2.22. The predicted octanol–water partition coefficient (Wildman–Crippen LogP) is 3.03. The van der Waals surface area contributed by atoms with Crippen LogP contribution in [0.3, 0.4) is 0 Å². The monoisotopic (exact) mass is 294 g/mol. The number of nitrogens with one attached hydrogen (secondary N) is 1. The molecule has 0 amide bonds. The Morgan fingerprint density at radius 2 is 2.15 bits per heavy atom. The Bertz CT molecular complexity index is 541. The van der Waals surface area contributed by atoms with E-state index in [-0.39, 0.29) is 11.8 Å². The molecule has 1 aromatic heterocycles. The number of phenolic OH excluding ortho intramolecular Hbond substituents is 1. The minimum atomic E-state index is 0.145. The smallest absolute Gasteiger partial charge is 0.122 e. The first kappa shape index (κ1) is 14.9. The zero-order chi connectivity index (χ0) is 14.5. The van der Waals surface area contributed by atoms with Crippen LogP contribution in [-0.2, 0) is 6.54 Å². The molecule has 2 N–H and O–H groups in total. The van der Waals surface area contributed by atoms with E-state index < -0.39 is 0 Å². The molecule has 0 saturated carbocycles. The Morgan fingerprint density at radius 3 is 2.80 bits per heavy atom. The van der Waals surface area contributed by atoms with Gasteiger partial charge in [-0.15, -0.1) is 0 Å². The van der Waals surface area contributed by atoms with Gasteiger partial charge in [0.1, 0.15) is 11.5 Å². The van der Waals surface area contributed by atoms with Gasteiger partial charge in [0.2, 0.25) is 0 Å². The van der Waals surface area contributed by atoms with Crippen LogP contribution in [0, 0.1) is 0 Å². The van der Waals surface area contributed by atoms with E-state index in [0.717, 1.165) is 11.3 Å². The fourth-order valence-electron chi connectivity index (χ4n) is 2.06. The van der Waals surface area contributed by atoms with E-state index in [2.05, 4.69) is 10.2 Å². The van der Waals surface area contributed by atoms with E-state index in [4.69, 9.17) is 16.0 Å². The lowest BCUT2D eigenvalue weighted by Gasteiger charge is -2.22. The average Bonchev–Trinajstić information content (AvgIpc) is 2.91. The van der Waals surface area contributed by atoms with Crippen molar-refractivity contribution in [2.24, 2.45) is 0 Å². The molecule has 1 aromatic carbocycles. The molecule has 1 unspecified atom stereocenters. The zero-order valence-corrected chi connectivity index (χ0v) is 12.4. The molecule has 0 saturated heterocycles. The number of halogens is 1. The maximum absolute atomic E-state index is 9.77. The third-order valence-corrected chi connectivity index (χ3v) is 3.42. The highest BCUT2D eigenvalue weighted by molar-refractivity contribution is 6.30. The van der Waals surface area contributed by atoms with E-state index in [1.54, 1.807) is 24.5 Å². The molecule has 0 bridgehead atoms. The summed E-state index contributed by atoms with van der Waals surface area (Å²) >= 11 is 5.93. The van der Waals surface area contributed by atoms with Crippen molar-refractivity contribution in [3.05, 3.63) is 52.9 Å². The molecule has 2 aromatic rings. The first-order valence-electron chi connectivity index (χ1n) is 6.46. The van der Waals surface area contributed by atoms with Crippen molar-refractivity contribution in [3.63, 3.8) is 0 Å². The van der Waals surface area contributed by atoms with Gasteiger partial charge in [0, 0.05) is 23.7 Å². The quantitative estimate of drug-likeness (QED) is 0.860. The first-order valence-corrected chi connectivity index (χ1v) is 6.83. The topological polar surface area (TPSA) is 48.6 Å². The summed E-state index contributed by atoms with van der Waals surface area (Å²) in [5.41, 5.74) is 0.787. The second-order valence-corrected chi connectivity index (χ2v) is 5.34. The summed E-state index contributed by atoms with van der Waals surface area (Å²) in [5.74, 6) is 1.17. The van der Waals surface area contributed by atoms with Crippen LogP contribution in [0.15, 0.2) is 41.0 Å². The largest absolute Gasteiger partial charge is 0.508 e. The van der Waals surface area contributed by atoms with E-state index in [1.165, 1.54) is 0 Å². The van der Waals surface area contributed by atoms with Gasteiger partial charge in [-0.25, -0.2) is 0 Å². The van der Waals surface area contributed by atoms with Gasteiger partial charge in [-0.1, -0.05) is 11.6 Å². The fourth-order valence-corrected chi connectivity index (χ4v) is 2.25. The molecule has 0 aliphatic heterocycles. The molecule has 0 spiro atoms. The van der Waals surface area contributed by atoms with Gasteiger partial charge in [-0.2, -0.15) is 0 Å². The van der Waals surface area contributed by atoms with E-state index in [1.807, 2.05) is 26.2 Å². The van der Waals surface area contributed by atoms with Gasteiger partial charge in [0.25, 0.3) is 0 Å². The number of likely N-dealkylation sites (N-methyl/N-ethyl adjacent to an activating group) is 1. The Kier molecular flexibility index (Phi) is 5.06. The van der Waals surface area contributed by atoms with Crippen LogP contribution in [0.5, 0.6) is 5.75 Å². The van der Waals surface area contributed by atoms with Crippen molar-refractivity contribution in [1.82, 2.24) is 10.2 Å². The maximum Gasteiger partial charge on any atom is 0.122 e. The number of furan rings is 1. The zero-order valence-electron chi connectivity index (χ0n) is 11.6. The molecular formula is C15H19ClN2O2. The van der Waals surface area contributed by atoms with Gasteiger partial charge in [-0.3, -0.25) is 4.90 Å². The van der Waals surface area contributed by atoms with Crippen LogP contribution in [0.1, 0.15) is 17.4 Å². The summed E-state index contributed by atoms with van der Waals surface area (Å²) < 4.78 is 5.45. The maximum atomic E-state index is 9.77. The molecule has 4 nitrogen and oxygen atoms in total. The van der Waals surface area contributed by atoms with Crippen molar-refractivity contribution in [1.29, 1.82) is 0 Å². The minimum absolute atomic E-state index is 0.145. The van der Waals surface area contributed by atoms with Gasteiger partial charge in [0.05, 0.1) is 12.3 Å². The lowest BCUT2D eigenvalue weighted by Crippen LogP contribution is -2.30. The molecule has 1 atom stereocenters. The average molecular weight is 295 g/mol. The summed E-state index contributed by atoms with van der Waals surface area (Å²) in [6.07, 6.45) is 1.68. The molecule has 0 radical (unpaired) electrons. The van der Waals surface area contributed by atoms with Crippen molar-refractivity contribution in [2.45, 2.75) is 12.6 Å². The van der Waals surface area contributed by atoms with E-state index in [9.17, 15) is 5.11 Å². The number of rotatable bonds is 6. The third kappa shape index (κ3) is 3.76. The van der Waals surface area contributed by atoms with Crippen LogP contribution in [0.25, 0.3) is 0 Å². The number of hydrogen-bond acceptors (Lipinski definition) is 4. The van der Waals surface area contributed by atoms with Crippen LogP contribution >= 0.6 is 11.6 Å². The standard InChI is InChI=1S/C15H19ClN2O2/c1-18(2)13(15-4-3-7-20-15)10-17-9-11-8-12(16)5-6-14(11)19/h3-8,13,17,19H,9-10H2,1-2H3. The normalized spacial score (nSPS) is 12.8. The summed E-state index contributed by atoms with van der Waals surface area (Å²) in [5, 5.41) is 13.7. The number of hydrogen-bond donors (Lipinski definition) is 2. The second kappa shape index (κ2) is 6.79. The summed E-state index contributed by atoms with van der Waals surface area (Å²) in [6.45, 7) is 1.27. The first-order chi connectivity index (χ1) is 9.58. The summed E-state index contributed by atoms with van der Waals surface area (Å²) in [7, 11) is 4.01. The molecule has 108 valence electrons. The Balaban J connectivity index is 1.95.